The van der Waals surface area contributed by atoms with Gasteiger partial charge in [0.2, 0.25) is 0 Å². The van der Waals surface area contributed by atoms with Crippen molar-refractivity contribution in [2.24, 2.45) is 5.92 Å². The van der Waals surface area contributed by atoms with E-state index in [2.05, 4.69) is 0 Å². The topological polar surface area (TPSA) is 29.1 Å². The van der Waals surface area contributed by atoms with Gasteiger partial charge >= 0.3 is 0 Å². The average molecular weight is 225 g/mol. The summed E-state index contributed by atoms with van der Waals surface area (Å²) in [6.45, 7) is 0. The minimum absolute atomic E-state index is 0.278. The van der Waals surface area contributed by atoms with E-state index in [0.29, 0.717) is 5.92 Å². The molecule has 2 rings (SSSR count). The average Bonchev–Trinajstić information content (AvgIpc) is 2.31. The van der Waals surface area contributed by atoms with Crippen molar-refractivity contribution in [3.63, 3.8) is 0 Å². The molecule has 0 saturated heterocycles. The van der Waals surface area contributed by atoms with Gasteiger partial charge in [-0.1, -0.05) is 51.4 Å². The van der Waals surface area contributed by atoms with Crippen LogP contribution in [0.2, 0.25) is 0 Å². The summed E-state index contributed by atoms with van der Waals surface area (Å²) in [6, 6.07) is 0. The van der Waals surface area contributed by atoms with Gasteiger partial charge in [0.15, 0.2) is 6.29 Å². The molecule has 1 radical (unpaired) electrons. The molecule has 0 aromatic carbocycles. The summed E-state index contributed by atoms with van der Waals surface area (Å²) in [5.74, 6) is 0.653. The summed E-state index contributed by atoms with van der Waals surface area (Å²) in [7, 11) is 0. The van der Waals surface area contributed by atoms with Crippen molar-refractivity contribution in [1.82, 2.24) is 0 Å². The van der Waals surface area contributed by atoms with Crippen LogP contribution in [0.3, 0.4) is 0 Å². The first-order valence-electron chi connectivity index (χ1n) is 7.16. The zero-order chi connectivity index (χ0) is 11.2. The predicted octanol–water partition coefficient (Wildman–Crippen LogP) is 4.06. The molecule has 0 spiro atoms. The fourth-order valence-corrected chi connectivity index (χ4v) is 3.17. The minimum Gasteiger partial charge on any atom is -0.346 e. The Kier molecular flexibility index (Phi) is 5.11. The van der Waals surface area contributed by atoms with Gasteiger partial charge in [0, 0.05) is 6.42 Å². The van der Waals surface area contributed by atoms with Crippen LogP contribution in [-0.4, -0.2) is 12.4 Å². The highest BCUT2D eigenvalue weighted by molar-refractivity contribution is 4.69. The van der Waals surface area contributed by atoms with E-state index in [0.717, 1.165) is 19.3 Å². The van der Waals surface area contributed by atoms with Gasteiger partial charge in [-0.25, -0.2) is 5.11 Å². The molecule has 0 N–H and O–H groups in total. The molecular formula is C14H25O2. The summed E-state index contributed by atoms with van der Waals surface area (Å²) in [5.41, 5.74) is 0. The van der Waals surface area contributed by atoms with Crippen LogP contribution < -0.4 is 0 Å². The lowest BCUT2D eigenvalue weighted by Gasteiger charge is -2.27. The standard InChI is InChI=1S/C14H25O2/c15-14(11-12-7-3-1-4-8-12)16-13-9-5-2-6-10-13/h12-14H,1-11H2. The Hall–Kier alpha value is -0.0800. The van der Waals surface area contributed by atoms with E-state index in [-0.39, 0.29) is 6.10 Å². The first kappa shape index (κ1) is 12.4. The van der Waals surface area contributed by atoms with Crippen LogP contribution in [-0.2, 0) is 9.84 Å². The Labute approximate surface area is 99.4 Å². The first-order chi connectivity index (χ1) is 7.84. The first-order valence-corrected chi connectivity index (χ1v) is 7.16. The third-order valence-corrected chi connectivity index (χ3v) is 4.15. The SMILES string of the molecule is [O]C(CC1CCCCC1)OC1CCCCC1. The zero-order valence-electron chi connectivity index (χ0n) is 10.3. The van der Waals surface area contributed by atoms with Gasteiger partial charge in [-0.2, -0.15) is 0 Å². The van der Waals surface area contributed by atoms with E-state index in [9.17, 15) is 5.11 Å². The second-order valence-electron chi connectivity index (χ2n) is 5.57. The summed E-state index contributed by atoms with van der Waals surface area (Å²) < 4.78 is 5.64. The van der Waals surface area contributed by atoms with Gasteiger partial charge in [0.05, 0.1) is 6.10 Å². The molecule has 0 amide bonds. The van der Waals surface area contributed by atoms with Crippen LogP contribution in [0.5, 0.6) is 0 Å². The molecule has 1 atom stereocenters. The van der Waals surface area contributed by atoms with E-state index < -0.39 is 6.29 Å². The second kappa shape index (κ2) is 6.61. The number of hydrogen-bond donors (Lipinski definition) is 0. The van der Waals surface area contributed by atoms with E-state index in [1.807, 2.05) is 0 Å². The molecule has 1 unspecified atom stereocenters. The van der Waals surface area contributed by atoms with Crippen molar-refractivity contribution in [3.05, 3.63) is 0 Å². The number of rotatable bonds is 4. The lowest BCUT2D eigenvalue weighted by atomic mass is 9.87. The summed E-state index contributed by atoms with van der Waals surface area (Å²) >= 11 is 0. The number of ether oxygens (including phenoxy) is 1. The van der Waals surface area contributed by atoms with Crippen molar-refractivity contribution in [2.75, 3.05) is 0 Å². The van der Waals surface area contributed by atoms with Gasteiger partial charge in [0.25, 0.3) is 0 Å². The maximum atomic E-state index is 11.8. The molecule has 0 aromatic rings. The van der Waals surface area contributed by atoms with Crippen LogP contribution in [0.25, 0.3) is 0 Å². The quantitative estimate of drug-likeness (QED) is 0.663. The highest BCUT2D eigenvalue weighted by Crippen LogP contribution is 2.29. The molecule has 0 heterocycles. The normalized spacial score (nSPS) is 26.8. The molecule has 93 valence electrons. The third-order valence-electron chi connectivity index (χ3n) is 4.15. The fourth-order valence-electron chi connectivity index (χ4n) is 3.17. The molecular weight excluding hydrogens is 200 g/mol. The molecule has 2 nitrogen and oxygen atoms in total. The van der Waals surface area contributed by atoms with E-state index in [1.54, 1.807) is 0 Å². The maximum Gasteiger partial charge on any atom is 0.191 e. The zero-order valence-corrected chi connectivity index (χ0v) is 10.3. The van der Waals surface area contributed by atoms with Crippen molar-refractivity contribution in [2.45, 2.75) is 83.0 Å². The second-order valence-corrected chi connectivity index (χ2v) is 5.57. The molecule has 2 fully saturated rings. The van der Waals surface area contributed by atoms with Crippen molar-refractivity contribution in [1.29, 1.82) is 0 Å². The minimum atomic E-state index is -0.744. The third kappa shape index (κ3) is 4.06. The van der Waals surface area contributed by atoms with Gasteiger partial charge in [-0.05, 0) is 18.8 Å². The highest BCUT2D eigenvalue weighted by Gasteiger charge is 2.22. The molecule has 0 aliphatic heterocycles. The molecule has 2 saturated carbocycles. The molecule has 2 aliphatic carbocycles. The summed E-state index contributed by atoms with van der Waals surface area (Å²) in [5, 5.41) is 11.8. The summed E-state index contributed by atoms with van der Waals surface area (Å²) in [4.78, 5) is 0. The monoisotopic (exact) mass is 225 g/mol. The largest absolute Gasteiger partial charge is 0.346 e. The van der Waals surface area contributed by atoms with Crippen LogP contribution in [0.15, 0.2) is 0 Å². The van der Waals surface area contributed by atoms with Crippen molar-refractivity contribution < 1.29 is 9.84 Å². The highest BCUT2D eigenvalue weighted by atomic mass is 16.6. The molecule has 2 heteroatoms. The smallest absolute Gasteiger partial charge is 0.191 e. The molecule has 16 heavy (non-hydrogen) atoms. The van der Waals surface area contributed by atoms with Gasteiger partial charge < -0.3 is 4.74 Å². The van der Waals surface area contributed by atoms with Crippen LogP contribution in [0, 0.1) is 5.92 Å². The molecule has 0 aromatic heterocycles. The Morgan fingerprint density at radius 1 is 0.875 bits per heavy atom. The van der Waals surface area contributed by atoms with Crippen LogP contribution in [0.4, 0.5) is 0 Å². The fraction of sp³-hybridized carbons (Fsp3) is 1.00. The maximum absolute atomic E-state index is 11.8. The number of hydrogen-bond acceptors (Lipinski definition) is 1. The van der Waals surface area contributed by atoms with Gasteiger partial charge in [-0.15, -0.1) is 0 Å². The molecule has 0 bridgehead atoms. The Morgan fingerprint density at radius 2 is 1.44 bits per heavy atom. The Bertz CT molecular complexity index is 161. The Morgan fingerprint density at radius 3 is 2.06 bits per heavy atom. The van der Waals surface area contributed by atoms with Crippen LogP contribution in [0.1, 0.15) is 70.6 Å². The van der Waals surface area contributed by atoms with Crippen molar-refractivity contribution in [3.8, 4) is 0 Å². The molecule has 2 aliphatic rings. The summed E-state index contributed by atoms with van der Waals surface area (Å²) in [6.07, 6.45) is 12.9. The lowest BCUT2D eigenvalue weighted by molar-refractivity contribution is -0.185. The van der Waals surface area contributed by atoms with Gasteiger partial charge in [-0.3, -0.25) is 0 Å². The Balaban J connectivity index is 1.64. The van der Waals surface area contributed by atoms with E-state index in [1.165, 1.54) is 51.4 Å². The van der Waals surface area contributed by atoms with Crippen molar-refractivity contribution >= 4 is 0 Å². The van der Waals surface area contributed by atoms with Crippen LogP contribution >= 0.6 is 0 Å². The lowest BCUT2D eigenvalue weighted by Crippen LogP contribution is -2.25. The van der Waals surface area contributed by atoms with E-state index in [4.69, 9.17) is 4.74 Å². The van der Waals surface area contributed by atoms with E-state index >= 15 is 0 Å². The van der Waals surface area contributed by atoms with Gasteiger partial charge in [0.1, 0.15) is 0 Å². The predicted molar refractivity (Wildman–Crippen MR) is 63.6 cm³/mol.